The van der Waals surface area contributed by atoms with Crippen LogP contribution in [0.3, 0.4) is 0 Å². The van der Waals surface area contributed by atoms with Gasteiger partial charge in [-0.15, -0.1) is 34.4 Å². The fraction of sp³-hybridized carbons (Fsp3) is 0.467. The standard InChI is InChI=1S/C15H18S3/c1-5-15(6-2)10-7-9(3)17-13(10)14-11(15)8-12(16-4)18-14/h7-8H,5-6H2,1-4H3. The van der Waals surface area contributed by atoms with Gasteiger partial charge in [0.1, 0.15) is 0 Å². The Balaban J connectivity index is 2.30. The highest BCUT2D eigenvalue weighted by atomic mass is 32.2. The van der Waals surface area contributed by atoms with Crippen LogP contribution < -0.4 is 0 Å². The molecule has 0 unspecified atom stereocenters. The van der Waals surface area contributed by atoms with Gasteiger partial charge in [0.2, 0.25) is 0 Å². The number of thiophene rings is 2. The van der Waals surface area contributed by atoms with Crippen molar-refractivity contribution in [2.45, 2.75) is 43.2 Å². The summed E-state index contributed by atoms with van der Waals surface area (Å²) in [6.45, 7) is 6.92. The molecule has 2 heterocycles. The maximum atomic E-state index is 2.44. The number of thioether (sulfide) groups is 1. The van der Waals surface area contributed by atoms with E-state index in [1.165, 1.54) is 21.9 Å². The van der Waals surface area contributed by atoms with Crippen LogP contribution in [0.4, 0.5) is 0 Å². The van der Waals surface area contributed by atoms with Crippen molar-refractivity contribution in [2.24, 2.45) is 0 Å². The molecule has 0 nitrogen and oxygen atoms in total. The Kier molecular flexibility index (Phi) is 3.12. The number of fused-ring (bicyclic) bond motifs is 3. The quantitative estimate of drug-likeness (QED) is 0.632. The summed E-state index contributed by atoms with van der Waals surface area (Å²) >= 11 is 5.84. The molecule has 3 rings (SSSR count). The molecular weight excluding hydrogens is 276 g/mol. The van der Waals surface area contributed by atoms with E-state index in [0.717, 1.165) is 0 Å². The first-order valence-electron chi connectivity index (χ1n) is 6.45. The lowest BCUT2D eigenvalue weighted by Gasteiger charge is -2.27. The van der Waals surface area contributed by atoms with E-state index in [0.29, 0.717) is 5.41 Å². The summed E-state index contributed by atoms with van der Waals surface area (Å²) in [7, 11) is 0. The van der Waals surface area contributed by atoms with Crippen LogP contribution in [0.1, 0.15) is 42.7 Å². The van der Waals surface area contributed by atoms with E-state index in [4.69, 9.17) is 0 Å². The molecule has 0 spiro atoms. The van der Waals surface area contributed by atoms with Crippen LogP contribution in [0.15, 0.2) is 16.3 Å². The first-order chi connectivity index (χ1) is 8.66. The maximum absolute atomic E-state index is 2.44. The molecule has 2 aromatic rings. The van der Waals surface area contributed by atoms with Gasteiger partial charge in [-0.1, -0.05) is 13.8 Å². The lowest BCUT2D eigenvalue weighted by atomic mass is 9.75. The van der Waals surface area contributed by atoms with Crippen molar-refractivity contribution in [3.8, 4) is 9.75 Å². The van der Waals surface area contributed by atoms with Gasteiger partial charge in [-0.25, -0.2) is 0 Å². The van der Waals surface area contributed by atoms with E-state index in [1.54, 1.807) is 20.9 Å². The average Bonchev–Trinajstić information content (AvgIpc) is 3.00. The molecule has 0 fully saturated rings. The third-order valence-corrected chi connectivity index (χ3v) is 7.63. The van der Waals surface area contributed by atoms with Crippen LogP contribution in [0.25, 0.3) is 9.75 Å². The highest BCUT2D eigenvalue weighted by Crippen LogP contribution is 2.59. The molecule has 0 N–H and O–H groups in total. The smallest absolute Gasteiger partial charge is 0.0605 e. The second-order valence-electron chi connectivity index (χ2n) is 4.90. The average molecular weight is 295 g/mol. The normalized spacial score (nSPS) is 15.8. The topological polar surface area (TPSA) is 0 Å². The fourth-order valence-electron chi connectivity index (χ4n) is 3.19. The summed E-state index contributed by atoms with van der Waals surface area (Å²) in [6, 6.07) is 4.87. The monoisotopic (exact) mass is 294 g/mol. The zero-order chi connectivity index (χ0) is 12.9. The Morgan fingerprint density at radius 3 is 2.28 bits per heavy atom. The first-order valence-corrected chi connectivity index (χ1v) is 9.31. The van der Waals surface area contributed by atoms with Crippen molar-refractivity contribution in [1.82, 2.24) is 0 Å². The van der Waals surface area contributed by atoms with Gasteiger partial charge in [0.05, 0.1) is 4.21 Å². The molecule has 0 atom stereocenters. The third kappa shape index (κ3) is 1.50. The van der Waals surface area contributed by atoms with Crippen molar-refractivity contribution in [1.29, 1.82) is 0 Å². The maximum Gasteiger partial charge on any atom is 0.0605 e. The molecule has 3 heteroatoms. The Labute approximate surface area is 121 Å². The van der Waals surface area contributed by atoms with Crippen LogP contribution in [-0.2, 0) is 5.41 Å². The second kappa shape index (κ2) is 4.39. The van der Waals surface area contributed by atoms with Gasteiger partial charge in [0.15, 0.2) is 0 Å². The van der Waals surface area contributed by atoms with E-state index in [2.05, 4.69) is 39.2 Å². The van der Waals surface area contributed by atoms with Crippen LogP contribution in [0, 0.1) is 6.92 Å². The van der Waals surface area contributed by atoms with E-state index in [9.17, 15) is 0 Å². The van der Waals surface area contributed by atoms with Gasteiger partial charge in [-0.2, -0.15) is 0 Å². The minimum atomic E-state index is 0.292. The van der Waals surface area contributed by atoms with Crippen molar-refractivity contribution in [3.05, 3.63) is 28.1 Å². The summed E-state index contributed by atoms with van der Waals surface area (Å²) in [5.41, 5.74) is 3.49. The zero-order valence-corrected chi connectivity index (χ0v) is 13.7. The van der Waals surface area contributed by atoms with E-state index < -0.39 is 0 Å². The van der Waals surface area contributed by atoms with Crippen LogP contribution in [0.5, 0.6) is 0 Å². The van der Waals surface area contributed by atoms with Crippen LogP contribution >= 0.6 is 34.4 Å². The predicted octanol–water partition coefficient (Wildman–Crippen LogP) is 5.93. The van der Waals surface area contributed by atoms with Gasteiger partial charge in [0, 0.05) is 20.0 Å². The number of rotatable bonds is 3. The van der Waals surface area contributed by atoms with Crippen molar-refractivity contribution >= 4 is 34.4 Å². The summed E-state index contributed by atoms with van der Waals surface area (Å²) in [4.78, 5) is 4.56. The lowest BCUT2D eigenvalue weighted by Crippen LogP contribution is -2.22. The zero-order valence-electron chi connectivity index (χ0n) is 11.3. The van der Waals surface area contributed by atoms with Gasteiger partial charge >= 0.3 is 0 Å². The number of hydrogen-bond donors (Lipinski definition) is 0. The third-order valence-electron chi connectivity index (χ3n) is 4.21. The Morgan fingerprint density at radius 2 is 1.67 bits per heavy atom. The number of aryl methyl sites for hydroxylation is 1. The molecule has 0 radical (unpaired) electrons. The van der Waals surface area contributed by atoms with E-state index >= 15 is 0 Å². The largest absolute Gasteiger partial charge is 0.139 e. The van der Waals surface area contributed by atoms with Gasteiger partial charge in [0.25, 0.3) is 0 Å². The molecule has 2 aromatic heterocycles. The lowest BCUT2D eigenvalue weighted by molar-refractivity contribution is 0.491. The fourth-order valence-corrected chi connectivity index (χ4v) is 6.27. The van der Waals surface area contributed by atoms with Gasteiger partial charge < -0.3 is 0 Å². The van der Waals surface area contributed by atoms with E-state index in [-0.39, 0.29) is 0 Å². The van der Waals surface area contributed by atoms with E-state index in [1.807, 2.05) is 34.4 Å². The molecule has 1 aliphatic carbocycles. The van der Waals surface area contributed by atoms with Gasteiger partial charge in [-0.05, 0) is 49.3 Å². The Morgan fingerprint density at radius 1 is 1.06 bits per heavy atom. The van der Waals surface area contributed by atoms with Crippen LogP contribution in [-0.4, -0.2) is 6.26 Å². The second-order valence-corrected chi connectivity index (χ2v) is 8.32. The molecule has 0 aromatic carbocycles. The predicted molar refractivity (Wildman–Crippen MR) is 85.5 cm³/mol. The molecule has 0 saturated carbocycles. The van der Waals surface area contributed by atoms with Crippen molar-refractivity contribution < 1.29 is 0 Å². The Bertz CT molecular complexity index is 585. The summed E-state index contributed by atoms with van der Waals surface area (Å²) < 4.78 is 1.46. The minimum Gasteiger partial charge on any atom is -0.139 e. The first kappa shape index (κ1) is 12.8. The molecule has 0 saturated heterocycles. The molecular formula is C15H18S3. The summed E-state index contributed by atoms with van der Waals surface area (Å²) in [6.07, 6.45) is 4.61. The number of hydrogen-bond acceptors (Lipinski definition) is 3. The highest BCUT2D eigenvalue weighted by molar-refractivity contribution is 8.00. The summed E-state index contributed by atoms with van der Waals surface area (Å²) in [5.74, 6) is 0. The summed E-state index contributed by atoms with van der Waals surface area (Å²) in [5, 5.41) is 0. The highest BCUT2D eigenvalue weighted by Gasteiger charge is 2.43. The Hall–Kier alpha value is -0.250. The molecule has 96 valence electrons. The minimum absolute atomic E-state index is 0.292. The van der Waals surface area contributed by atoms with Crippen LogP contribution in [0.2, 0.25) is 0 Å². The molecule has 1 aliphatic rings. The van der Waals surface area contributed by atoms with Crippen molar-refractivity contribution in [2.75, 3.05) is 6.26 Å². The van der Waals surface area contributed by atoms with Crippen molar-refractivity contribution in [3.63, 3.8) is 0 Å². The molecule has 0 bridgehead atoms. The van der Waals surface area contributed by atoms with Gasteiger partial charge in [-0.3, -0.25) is 0 Å². The molecule has 18 heavy (non-hydrogen) atoms. The SMILES string of the molecule is CCC1(CC)c2cc(C)sc2-c2sc(SC)cc21. The molecule has 0 amide bonds. The molecule has 0 aliphatic heterocycles.